The average Bonchev–Trinajstić information content (AvgIpc) is 2.74. The molecule has 1 aliphatic rings. The molecule has 2 aromatic carbocycles. The zero-order chi connectivity index (χ0) is 21.9. The van der Waals surface area contributed by atoms with Crippen LogP contribution < -0.4 is 14.8 Å². The summed E-state index contributed by atoms with van der Waals surface area (Å²) in [5.41, 5.74) is 1.99. The number of aryl methyl sites for hydroxylation is 2. The molecule has 1 heterocycles. The van der Waals surface area contributed by atoms with Gasteiger partial charge in [-0.1, -0.05) is 18.2 Å². The van der Waals surface area contributed by atoms with E-state index in [-0.39, 0.29) is 11.9 Å². The molecular weight excluding hydrogens is 404 g/mol. The van der Waals surface area contributed by atoms with Crippen LogP contribution in [-0.4, -0.2) is 52.0 Å². The van der Waals surface area contributed by atoms with E-state index >= 15 is 0 Å². The van der Waals surface area contributed by atoms with Gasteiger partial charge in [-0.05, 0) is 56.0 Å². The lowest BCUT2D eigenvalue weighted by atomic mass is 10.1. The smallest absolute Gasteiger partial charge is 0.259 e. The number of methoxy groups -OCH3 is 2. The van der Waals surface area contributed by atoms with Crippen molar-refractivity contribution in [1.82, 2.24) is 9.62 Å². The topological polar surface area (TPSA) is 84.9 Å². The number of rotatable bonds is 6. The monoisotopic (exact) mass is 432 g/mol. The van der Waals surface area contributed by atoms with Gasteiger partial charge in [0.15, 0.2) is 0 Å². The summed E-state index contributed by atoms with van der Waals surface area (Å²) >= 11 is 0. The summed E-state index contributed by atoms with van der Waals surface area (Å²) in [5.74, 6) is 0.573. The van der Waals surface area contributed by atoms with Gasteiger partial charge in [0.05, 0.1) is 19.1 Å². The second-order valence-corrected chi connectivity index (χ2v) is 9.36. The summed E-state index contributed by atoms with van der Waals surface area (Å²) in [5, 5.41) is 3.00. The van der Waals surface area contributed by atoms with Crippen molar-refractivity contribution >= 4 is 15.9 Å². The van der Waals surface area contributed by atoms with Crippen LogP contribution in [0, 0.1) is 13.8 Å². The van der Waals surface area contributed by atoms with Gasteiger partial charge in [0.25, 0.3) is 5.91 Å². The van der Waals surface area contributed by atoms with Gasteiger partial charge in [-0.15, -0.1) is 0 Å². The molecule has 0 spiro atoms. The third kappa shape index (κ3) is 4.44. The van der Waals surface area contributed by atoms with Crippen LogP contribution in [0.1, 0.15) is 34.3 Å². The van der Waals surface area contributed by atoms with E-state index in [9.17, 15) is 13.2 Å². The van der Waals surface area contributed by atoms with Gasteiger partial charge < -0.3 is 14.8 Å². The van der Waals surface area contributed by atoms with Crippen molar-refractivity contribution in [2.45, 2.75) is 37.6 Å². The lowest BCUT2D eigenvalue weighted by Crippen LogP contribution is -2.46. The van der Waals surface area contributed by atoms with Crippen LogP contribution in [0.25, 0.3) is 0 Å². The summed E-state index contributed by atoms with van der Waals surface area (Å²) in [6.07, 6.45) is 1.07. The number of piperidine rings is 1. The molecule has 1 fully saturated rings. The summed E-state index contributed by atoms with van der Waals surface area (Å²) in [7, 11) is -0.556. The molecule has 2 aromatic rings. The Hall–Kier alpha value is -2.58. The van der Waals surface area contributed by atoms with Gasteiger partial charge in [-0.25, -0.2) is 8.42 Å². The third-order valence-electron chi connectivity index (χ3n) is 5.41. The fourth-order valence-corrected chi connectivity index (χ4v) is 5.48. The minimum Gasteiger partial charge on any atom is -0.496 e. The minimum absolute atomic E-state index is 0.128. The predicted octanol–water partition coefficient (Wildman–Crippen LogP) is 2.90. The maximum absolute atomic E-state index is 13.1. The summed E-state index contributed by atoms with van der Waals surface area (Å²) in [6, 6.07) is 10.5. The standard InChI is InChI=1S/C22H28N2O5S/c1-15-8-9-16(2)20(14-15)30(26,27)24-12-10-17(11-13-24)23-22(25)21-18(28-3)6-5-7-19(21)29-4/h5-9,14,17H,10-13H2,1-4H3,(H,23,25). The lowest BCUT2D eigenvalue weighted by Gasteiger charge is -2.32. The summed E-state index contributed by atoms with van der Waals surface area (Å²) < 4.78 is 38.3. The number of carbonyl (C=O) groups excluding carboxylic acids is 1. The number of amides is 1. The van der Waals surface area contributed by atoms with Crippen molar-refractivity contribution < 1.29 is 22.7 Å². The van der Waals surface area contributed by atoms with Crippen molar-refractivity contribution in [3.8, 4) is 11.5 Å². The molecular formula is C22H28N2O5S. The largest absolute Gasteiger partial charge is 0.496 e. The highest BCUT2D eigenvalue weighted by atomic mass is 32.2. The normalized spacial score (nSPS) is 15.6. The first kappa shape index (κ1) is 22.1. The molecule has 0 aliphatic carbocycles. The molecule has 0 bridgehead atoms. The lowest BCUT2D eigenvalue weighted by molar-refractivity contribution is 0.0917. The Morgan fingerprint density at radius 1 is 1.03 bits per heavy atom. The molecule has 8 heteroatoms. The molecule has 3 rings (SSSR count). The van der Waals surface area contributed by atoms with Crippen molar-refractivity contribution in [1.29, 1.82) is 0 Å². The van der Waals surface area contributed by atoms with E-state index < -0.39 is 10.0 Å². The summed E-state index contributed by atoms with van der Waals surface area (Å²) in [6.45, 7) is 4.39. The van der Waals surface area contributed by atoms with Crippen LogP contribution in [0.4, 0.5) is 0 Å². The Morgan fingerprint density at radius 2 is 1.63 bits per heavy atom. The number of hydrogen-bond donors (Lipinski definition) is 1. The first-order valence-corrected chi connectivity index (χ1v) is 11.3. The van der Waals surface area contributed by atoms with Gasteiger partial charge in [-0.2, -0.15) is 4.31 Å². The maximum Gasteiger partial charge on any atom is 0.259 e. The number of carbonyl (C=O) groups is 1. The molecule has 0 saturated carbocycles. The van der Waals surface area contributed by atoms with E-state index in [1.165, 1.54) is 18.5 Å². The molecule has 162 valence electrons. The molecule has 1 saturated heterocycles. The Morgan fingerprint density at radius 3 is 2.20 bits per heavy atom. The fourth-order valence-electron chi connectivity index (χ4n) is 3.70. The minimum atomic E-state index is -3.56. The third-order valence-corrected chi connectivity index (χ3v) is 7.45. The molecule has 0 unspecified atom stereocenters. The molecule has 0 atom stereocenters. The Bertz CT molecular complexity index is 1010. The number of nitrogens with zero attached hydrogens (tertiary/aromatic N) is 1. The Labute approximate surface area is 178 Å². The van der Waals surface area contributed by atoms with E-state index in [0.29, 0.717) is 47.9 Å². The molecule has 1 aliphatic heterocycles. The molecule has 0 aromatic heterocycles. The SMILES string of the molecule is COc1cccc(OC)c1C(=O)NC1CCN(S(=O)(=O)c2cc(C)ccc2C)CC1. The second kappa shape index (κ2) is 9.06. The van der Waals surface area contributed by atoms with Crippen LogP contribution >= 0.6 is 0 Å². The first-order valence-electron chi connectivity index (χ1n) is 9.87. The molecule has 1 N–H and O–H groups in total. The molecule has 0 radical (unpaired) electrons. The number of hydrogen-bond acceptors (Lipinski definition) is 5. The van der Waals surface area contributed by atoms with Crippen LogP contribution in [0.3, 0.4) is 0 Å². The van der Waals surface area contributed by atoms with Gasteiger partial charge in [0.1, 0.15) is 17.1 Å². The van der Waals surface area contributed by atoms with Gasteiger partial charge in [0, 0.05) is 19.1 Å². The maximum atomic E-state index is 13.1. The van der Waals surface area contributed by atoms with Gasteiger partial charge in [0.2, 0.25) is 10.0 Å². The number of benzene rings is 2. The number of nitrogens with one attached hydrogen (secondary N) is 1. The van der Waals surface area contributed by atoms with E-state index in [2.05, 4.69) is 5.32 Å². The molecule has 30 heavy (non-hydrogen) atoms. The van der Waals surface area contributed by atoms with Crippen molar-refractivity contribution in [2.75, 3.05) is 27.3 Å². The average molecular weight is 433 g/mol. The van der Waals surface area contributed by atoms with Crippen LogP contribution in [-0.2, 0) is 10.0 Å². The van der Waals surface area contributed by atoms with Gasteiger partial charge >= 0.3 is 0 Å². The fraction of sp³-hybridized carbons (Fsp3) is 0.409. The van der Waals surface area contributed by atoms with Crippen LogP contribution in [0.2, 0.25) is 0 Å². The highest BCUT2D eigenvalue weighted by molar-refractivity contribution is 7.89. The first-order chi connectivity index (χ1) is 14.3. The van der Waals surface area contributed by atoms with Crippen molar-refractivity contribution in [2.24, 2.45) is 0 Å². The Kier molecular flexibility index (Phi) is 6.67. The van der Waals surface area contributed by atoms with Crippen molar-refractivity contribution in [3.05, 3.63) is 53.1 Å². The van der Waals surface area contributed by atoms with Gasteiger partial charge in [-0.3, -0.25) is 4.79 Å². The van der Waals surface area contributed by atoms with E-state index in [1.54, 1.807) is 31.2 Å². The van der Waals surface area contributed by atoms with Crippen LogP contribution in [0.5, 0.6) is 11.5 Å². The second-order valence-electron chi connectivity index (χ2n) is 7.46. The zero-order valence-corrected chi connectivity index (χ0v) is 18.6. The quantitative estimate of drug-likeness (QED) is 0.759. The van der Waals surface area contributed by atoms with Crippen LogP contribution in [0.15, 0.2) is 41.3 Å². The number of sulfonamides is 1. The van der Waals surface area contributed by atoms with E-state index in [1.807, 2.05) is 19.1 Å². The van der Waals surface area contributed by atoms with Crippen molar-refractivity contribution in [3.63, 3.8) is 0 Å². The van der Waals surface area contributed by atoms with E-state index in [0.717, 1.165) is 11.1 Å². The molecule has 1 amide bonds. The Balaban J connectivity index is 1.69. The molecule has 7 nitrogen and oxygen atoms in total. The highest BCUT2D eigenvalue weighted by Crippen LogP contribution is 2.29. The predicted molar refractivity (Wildman–Crippen MR) is 115 cm³/mol. The zero-order valence-electron chi connectivity index (χ0n) is 17.8. The highest BCUT2D eigenvalue weighted by Gasteiger charge is 2.31. The van der Waals surface area contributed by atoms with E-state index in [4.69, 9.17) is 9.47 Å². The number of ether oxygens (including phenoxy) is 2. The summed E-state index contributed by atoms with van der Waals surface area (Å²) in [4.78, 5) is 13.2.